The molecular weight excluding hydrogens is 270 g/mol. The van der Waals surface area contributed by atoms with Gasteiger partial charge in [0.15, 0.2) is 5.82 Å². The third-order valence-corrected chi connectivity index (χ3v) is 2.57. The second-order valence-electron chi connectivity index (χ2n) is 3.75. The maximum absolute atomic E-state index is 11.7. The van der Waals surface area contributed by atoms with Gasteiger partial charge in [0.2, 0.25) is 0 Å². The molecule has 0 saturated carbocycles. The van der Waals surface area contributed by atoms with Crippen LogP contribution >= 0.6 is 11.6 Å². The molecule has 7 heteroatoms. The van der Waals surface area contributed by atoms with Gasteiger partial charge < -0.3 is 14.6 Å². The highest BCUT2D eigenvalue weighted by Crippen LogP contribution is 2.27. The number of aryl methyl sites for hydroxylation is 1. The molecule has 0 unspecified atom stereocenters. The van der Waals surface area contributed by atoms with Gasteiger partial charge >= 0.3 is 6.03 Å². The molecule has 0 aliphatic heterocycles. The molecule has 0 atom stereocenters. The van der Waals surface area contributed by atoms with Crippen LogP contribution in [-0.4, -0.2) is 18.3 Å². The van der Waals surface area contributed by atoms with Crippen molar-refractivity contribution in [3.8, 4) is 5.75 Å². The summed E-state index contributed by atoms with van der Waals surface area (Å²) in [5.41, 5.74) is 0.545. The van der Waals surface area contributed by atoms with Crippen molar-refractivity contribution in [3.05, 3.63) is 35.0 Å². The average molecular weight is 282 g/mol. The van der Waals surface area contributed by atoms with Crippen LogP contribution in [0, 0.1) is 6.92 Å². The maximum Gasteiger partial charge on any atom is 0.324 e. The van der Waals surface area contributed by atoms with E-state index in [2.05, 4.69) is 15.8 Å². The fourth-order valence-electron chi connectivity index (χ4n) is 1.45. The van der Waals surface area contributed by atoms with Gasteiger partial charge in [-0.2, -0.15) is 0 Å². The number of anilines is 2. The molecule has 2 N–H and O–H groups in total. The van der Waals surface area contributed by atoms with Crippen molar-refractivity contribution in [2.45, 2.75) is 6.92 Å². The van der Waals surface area contributed by atoms with E-state index in [1.807, 2.05) is 0 Å². The molecule has 0 saturated heterocycles. The first-order valence-electron chi connectivity index (χ1n) is 5.43. The molecule has 0 spiro atoms. The van der Waals surface area contributed by atoms with Crippen LogP contribution < -0.4 is 15.4 Å². The highest BCUT2D eigenvalue weighted by Gasteiger charge is 2.08. The van der Waals surface area contributed by atoms with Gasteiger partial charge in [0.05, 0.1) is 12.1 Å². The molecule has 0 aliphatic rings. The van der Waals surface area contributed by atoms with Gasteiger partial charge in [-0.3, -0.25) is 5.32 Å². The number of carbonyl (C=O) groups excluding carboxylic acids is 1. The molecular formula is C12H12ClN3O3. The molecule has 1 aromatic carbocycles. The zero-order valence-corrected chi connectivity index (χ0v) is 11.1. The Bertz CT molecular complexity index is 598. The predicted octanol–water partition coefficient (Wildman–Crippen LogP) is 3.29. The van der Waals surface area contributed by atoms with Crippen LogP contribution in [0.3, 0.4) is 0 Å². The number of benzene rings is 1. The molecule has 100 valence electrons. The van der Waals surface area contributed by atoms with E-state index < -0.39 is 6.03 Å². The first kappa shape index (κ1) is 13.2. The lowest BCUT2D eigenvalue weighted by Gasteiger charge is -2.07. The minimum absolute atomic E-state index is 0.342. The van der Waals surface area contributed by atoms with Gasteiger partial charge in [-0.1, -0.05) is 16.8 Å². The van der Waals surface area contributed by atoms with Crippen molar-refractivity contribution in [3.63, 3.8) is 0 Å². The lowest BCUT2D eigenvalue weighted by Crippen LogP contribution is -2.19. The van der Waals surface area contributed by atoms with E-state index in [9.17, 15) is 4.79 Å². The average Bonchev–Trinajstić information content (AvgIpc) is 2.74. The largest absolute Gasteiger partial charge is 0.495 e. The molecule has 1 heterocycles. The Morgan fingerprint density at radius 2 is 2.16 bits per heavy atom. The van der Waals surface area contributed by atoms with Crippen molar-refractivity contribution >= 4 is 29.1 Å². The second-order valence-corrected chi connectivity index (χ2v) is 4.16. The summed E-state index contributed by atoms with van der Waals surface area (Å²) in [5, 5.41) is 9.21. The van der Waals surface area contributed by atoms with E-state index in [4.69, 9.17) is 20.9 Å². The number of nitrogens with zero attached hydrogens (tertiary/aromatic N) is 1. The van der Waals surface area contributed by atoms with Crippen molar-refractivity contribution in [1.29, 1.82) is 0 Å². The number of carbonyl (C=O) groups is 1. The zero-order valence-electron chi connectivity index (χ0n) is 10.4. The van der Waals surface area contributed by atoms with Gasteiger partial charge in [0.25, 0.3) is 0 Å². The number of nitrogens with one attached hydrogen (secondary N) is 2. The Kier molecular flexibility index (Phi) is 3.91. The third kappa shape index (κ3) is 3.38. The molecule has 19 heavy (non-hydrogen) atoms. The van der Waals surface area contributed by atoms with Crippen LogP contribution in [0.2, 0.25) is 5.02 Å². The van der Waals surface area contributed by atoms with E-state index in [1.54, 1.807) is 31.2 Å². The van der Waals surface area contributed by atoms with Crippen LogP contribution in [0.5, 0.6) is 5.75 Å². The van der Waals surface area contributed by atoms with Crippen molar-refractivity contribution < 1.29 is 14.1 Å². The molecule has 0 fully saturated rings. The topological polar surface area (TPSA) is 76.4 Å². The number of aromatic nitrogens is 1. The number of halogens is 1. The van der Waals surface area contributed by atoms with E-state index in [-0.39, 0.29) is 0 Å². The minimum atomic E-state index is -0.436. The highest BCUT2D eigenvalue weighted by molar-refractivity contribution is 6.32. The van der Waals surface area contributed by atoms with E-state index in [0.717, 1.165) is 0 Å². The van der Waals surface area contributed by atoms with Gasteiger partial charge in [-0.15, -0.1) is 0 Å². The van der Waals surface area contributed by atoms with E-state index in [1.165, 1.54) is 7.11 Å². The van der Waals surface area contributed by atoms with Gasteiger partial charge in [-0.05, 0) is 25.1 Å². The molecule has 2 rings (SSSR count). The van der Waals surface area contributed by atoms with Gasteiger partial charge in [0, 0.05) is 11.8 Å². The number of hydrogen-bond acceptors (Lipinski definition) is 4. The molecule has 2 aromatic rings. The van der Waals surface area contributed by atoms with Gasteiger partial charge in [-0.25, -0.2) is 4.79 Å². The fraction of sp³-hybridized carbons (Fsp3) is 0.167. The van der Waals surface area contributed by atoms with E-state index in [0.29, 0.717) is 28.0 Å². The second kappa shape index (κ2) is 5.62. The van der Waals surface area contributed by atoms with Crippen molar-refractivity contribution in [2.24, 2.45) is 0 Å². The first-order chi connectivity index (χ1) is 9.08. The zero-order chi connectivity index (χ0) is 13.8. The fourth-order valence-corrected chi connectivity index (χ4v) is 1.71. The van der Waals surface area contributed by atoms with Crippen molar-refractivity contribution in [1.82, 2.24) is 5.16 Å². The third-order valence-electron chi connectivity index (χ3n) is 2.28. The Balaban J connectivity index is 2.00. The molecule has 2 amide bonds. The first-order valence-corrected chi connectivity index (χ1v) is 5.81. The number of urea groups is 1. The Morgan fingerprint density at radius 3 is 2.74 bits per heavy atom. The number of amides is 2. The quantitative estimate of drug-likeness (QED) is 0.905. The van der Waals surface area contributed by atoms with Crippen LogP contribution in [0.15, 0.2) is 28.8 Å². The predicted molar refractivity (Wildman–Crippen MR) is 71.9 cm³/mol. The smallest absolute Gasteiger partial charge is 0.324 e. The Labute approximate surface area is 114 Å². The number of rotatable bonds is 3. The summed E-state index contributed by atoms with van der Waals surface area (Å²) in [5.74, 6) is 1.50. The number of hydrogen-bond donors (Lipinski definition) is 2. The minimum Gasteiger partial charge on any atom is -0.495 e. The van der Waals surface area contributed by atoms with Crippen LogP contribution in [-0.2, 0) is 0 Å². The Hall–Kier alpha value is -2.21. The molecule has 0 aliphatic carbocycles. The Morgan fingerprint density at radius 1 is 1.37 bits per heavy atom. The summed E-state index contributed by atoms with van der Waals surface area (Å²) >= 11 is 5.95. The molecule has 0 radical (unpaired) electrons. The highest BCUT2D eigenvalue weighted by atomic mass is 35.5. The van der Waals surface area contributed by atoms with Crippen LogP contribution in [0.4, 0.5) is 16.3 Å². The molecule has 0 bridgehead atoms. The number of ether oxygens (including phenoxy) is 1. The van der Waals surface area contributed by atoms with Gasteiger partial charge in [0.1, 0.15) is 11.5 Å². The van der Waals surface area contributed by atoms with E-state index >= 15 is 0 Å². The van der Waals surface area contributed by atoms with Crippen LogP contribution in [0.25, 0.3) is 0 Å². The molecule has 6 nitrogen and oxygen atoms in total. The summed E-state index contributed by atoms with van der Waals surface area (Å²) in [4.78, 5) is 11.7. The molecule has 1 aromatic heterocycles. The van der Waals surface area contributed by atoms with Crippen LogP contribution in [0.1, 0.15) is 5.76 Å². The number of methoxy groups -OCH3 is 1. The lowest BCUT2D eigenvalue weighted by molar-refractivity contribution is 0.262. The van der Waals surface area contributed by atoms with Crippen molar-refractivity contribution in [2.75, 3.05) is 17.7 Å². The lowest BCUT2D eigenvalue weighted by atomic mass is 10.3. The normalized spacial score (nSPS) is 10.1. The summed E-state index contributed by atoms with van der Waals surface area (Å²) < 4.78 is 9.86. The summed E-state index contributed by atoms with van der Waals surface area (Å²) in [6, 6.07) is 6.11. The summed E-state index contributed by atoms with van der Waals surface area (Å²) in [6.07, 6.45) is 0. The summed E-state index contributed by atoms with van der Waals surface area (Å²) in [7, 11) is 1.52. The SMILES string of the molecule is COc1ccc(NC(=O)Nc2cc(C)on2)cc1Cl. The standard InChI is InChI=1S/C12H12ClN3O3/c1-7-5-11(16-19-7)15-12(17)14-8-3-4-10(18-2)9(13)6-8/h3-6H,1-2H3,(H2,14,15,16,17). The summed E-state index contributed by atoms with van der Waals surface area (Å²) in [6.45, 7) is 1.74. The monoisotopic (exact) mass is 281 g/mol. The maximum atomic E-state index is 11.7.